The number of nitrogens with zero attached hydrogens (tertiary/aromatic N) is 2. The van der Waals surface area contributed by atoms with E-state index >= 15 is 0 Å². The number of amides is 1. The van der Waals surface area contributed by atoms with Gasteiger partial charge in [-0.25, -0.2) is 4.98 Å². The Bertz CT molecular complexity index is 517. The van der Waals surface area contributed by atoms with Gasteiger partial charge in [0.25, 0.3) is 5.91 Å². The van der Waals surface area contributed by atoms with E-state index in [1.165, 1.54) is 11.3 Å². The quantitative estimate of drug-likeness (QED) is 0.845. The van der Waals surface area contributed by atoms with Crippen molar-refractivity contribution < 1.29 is 4.79 Å². The molecule has 0 aromatic carbocycles. The van der Waals surface area contributed by atoms with Gasteiger partial charge in [-0.1, -0.05) is 0 Å². The van der Waals surface area contributed by atoms with Gasteiger partial charge in [0.1, 0.15) is 10.7 Å². The van der Waals surface area contributed by atoms with Gasteiger partial charge in [-0.3, -0.25) is 4.79 Å². The molecule has 0 bridgehead atoms. The van der Waals surface area contributed by atoms with E-state index in [0.29, 0.717) is 18.8 Å². The van der Waals surface area contributed by atoms with E-state index in [1.807, 2.05) is 29.9 Å². The van der Waals surface area contributed by atoms with E-state index < -0.39 is 0 Å². The van der Waals surface area contributed by atoms with Crippen molar-refractivity contribution in [2.24, 2.45) is 12.8 Å². The monoisotopic (exact) mass is 250 g/mol. The molecule has 2 heterocycles. The number of aromatic nitrogens is 2. The predicted octanol–water partition coefficient (Wildman–Crippen LogP) is 0.870. The van der Waals surface area contributed by atoms with Crippen molar-refractivity contribution in [2.75, 3.05) is 0 Å². The van der Waals surface area contributed by atoms with Gasteiger partial charge in [0.05, 0.1) is 6.54 Å². The zero-order chi connectivity index (χ0) is 12.3. The Labute approximate surface area is 103 Å². The summed E-state index contributed by atoms with van der Waals surface area (Å²) in [6, 6.07) is 3.91. The van der Waals surface area contributed by atoms with Crippen molar-refractivity contribution >= 4 is 17.2 Å². The number of carbonyl (C=O) groups is 1. The number of hydrogen-bond donors (Lipinski definition) is 2. The van der Waals surface area contributed by atoms with E-state index in [-0.39, 0.29) is 5.91 Å². The van der Waals surface area contributed by atoms with Crippen LogP contribution in [0.5, 0.6) is 0 Å². The van der Waals surface area contributed by atoms with Crippen molar-refractivity contribution in [1.29, 1.82) is 0 Å². The fourth-order valence-electron chi connectivity index (χ4n) is 1.45. The lowest BCUT2D eigenvalue weighted by Gasteiger charge is -2.04. The molecule has 0 saturated heterocycles. The summed E-state index contributed by atoms with van der Waals surface area (Å²) < 4.78 is 1.96. The number of aryl methyl sites for hydroxylation is 1. The molecular weight excluding hydrogens is 236 g/mol. The Morgan fingerprint density at radius 2 is 2.47 bits per heavy atom. The van der Waals surface area contributed by atoms with Gasteiger partial charge in [-0.2, -0.15) is 0 Å². The highest BCUT2D eigenvalue weighted by molar-refractivity contribution is 7.09. The van der Waals surface area contributed by atoms with Crippen LogP contribution in [0.3, 0.4) is 0 Å². The lowest BCUT2D eigenvalue weighted by Crippen LogP contribution is -2.24. The smallest absolute Gasteiger partial charge is 0.271 e. The Kier molecular flexibility index (Phi) is 3.55. The molecule has 0 aliphatic carbocycles. The van der Waals surface area contributed by atoms with Gasteiger partial charge in [-0.15, -0.1) is 11.3 Å². The van der Waals surface area contributed by atoms with Crippen molar-refractivity contribution in [3.05, 3.63) is 40.1 Å². The SMILES string of the molecule is Cn1cccc1CNC(=O)c1csc(CN)n1. The van der Waals surface area contributed by atoms with Crippen LogP contribution in [0.25, 0.3) is 0 Å². The van der Waals surface area contributed by atoms with Gasteiger partial charge in [-0.05, 0) is 12.1 Å². The second kappa shape index (κ2) is 5.11. The number of nitrogens with one attached hydrogen (secondary N) is 1. The minimum absolute atomic E-state index is 0.165. The van der Waals surface area contributed by atoms with Crippen molar-refractivity contribution in [2.45, 2.75) is 13.1 Å². The first-order chi connectivity index (χ1) is 8.20. The van der Waals surface area contributed by atoms with Gasteiger partial charge < -0.3 is 15.6 Å². The minimum atomic E-state index is -0.165. The molecule has 2 aromatic heterocycles. The lowest BCUT2D eigenvalue weighted by molar-refractivity contribution is 0.0945. The van der Waals surface area contributed by atoms with Crippen LogP contribution >= 0.6 is 11.3 Å². The normalized spacial score (nSPS) is 10.5. The Morgan fingerprint density at radius 3 is 3.06 bits per heavy atom. The van der Waals surface area contributed by atoms with Crippen LogP contribution in [0.1, 0.15) is 21.2 Å². The molecule has 2 aromatic rings. The summed E-state index contributed by atoms with van der Waals surface area (Å²) in [7, 11) is 1.94. The molecule has 2 rings (SSSR count). The first kappa shape index (κ1) is 11.8. The van der Waals surface area contributed by atoms with Crippen LogP contribution < -0.4 is 11.1 Å². The number of hydrogen-bond acceptors (Lipinski definition) is 4. The second-order valence-corrected chi connectivity index (χ2v) is 4.57. The summed E-state index contributed by atoms with van der Waals surface area (Å²) in [6.07, 6.45) is 1.94. The standard InChI is InChI=1S/C11H14N4OS/c1-15-4-2-3-8(15)6-13-11(16)9-7-17-10(5-12)14-9/h2-4,7H,5-6,12H2,1H3,(H,13,16). The molecule has 0 atom stereocenters. The maximum atomic E-state index is 11.8. The average molecular weight is 250 g/mol. The van der Waals surface area contributed by atoms with Crippen molar-refractivity contribution in [1.82, 2.24) is 14.9 Å². The second-order valence-electron chi connectivity index (χ2n) is 3.62. The highest BCUT2D eigenvalue weighted by Gasteiger charge is 2.10. The molecule has 0 aliphatic heterocycles. The predicted molar refractivity (Wildman–Crippen MR) is 66.6 cm³/mol. The molecule has 0 spiro atoms. The third-order valence-corrected chi connectivity index (χ3v) is 3.31. The van der Waals surface area contributed by atoms with Crippen LogP contribution in [0.15, 0.2) is 23.7 Å². The topological polar surface area (TPSA) is 72.9 Å². The molecule has 3 N–H and O–H groups in total. The van der Waals surface area contributed by atoms with E-state index in [1.54, 1.807) is 5.38 Å². The molecule has 6 heteroatoms. The number of nitrogens with two attached hydrogens (primary N) is 1. The maximum absolute atomic E-state index is 11.8. The summed E-state index contributed by atoms with van der Waals surface area (Å²) >= 11 is 1.40. The minimum Gasteiger partial charge on any atom is -0.353 e. The molecule has 0 saturated carbocycles. The summed E-state index contributed by atoms with van der Waals surface area (Å²) in [5.41, 5.74) is 6.93. The molecule has 1 amide bonds. The van der Waals surface area contributed by atoms with Crippen LogP contribution in [0, 0.1) is 0 Å². The molecule has 17 heavy (non-hydrogen) atoms. The molecule has 5 nitrogen and oxygen atoms in total. The van der Waals surface area contributed by atoms with E-state index in [2.05, 4.69) is 10.3 Å². The van der Waals surface area contributed by atoms with Gasteiger partial charge in [0.15, 0.2) is 0 Å². The van der Waals surface area contributed by atoms with E-state index in [9.17, 15) is 4.79 Å². The molecule has 0 aliphatic rings. The molecule has 0 unspecified atom stereocenters. The average Bonchev–Trinajstić information content (AvgIpc) is 2.94. The molecule has 90 valence electrons. The molecular formula is C11H14N4OS. The number of thiazole rings is 1. The van der Waals surface area contributed by atoms with Crippen LogP contribution in [0.2, 0.25) is 0 Å². The summed E-state index contributed by atoms with van der Waals surface area (Å²) in [6.45, 7) is 0.869. The highest BCUT2D eigenvalue weighted by atomic mass is 32.1. The summed E-state index contributed by atoms with van der Waals surface area (Å²) in [4.78, 5) is 15.9. The van der Waals surface area contributed by atoms with Crippen molar-refractivity contribution in [3.8, 4) is 0 Å². The first-order valence-electron chi connectivity index (χ1n) is 5.23. The highest BCUT2D eigenvalue weighted by Crippen LogP contribution is 2.09. The summed E-state index contributed by atoms with van der Waals surface area (Å²) in [5.74, 6) is -0.165. The summed E-state index contributed by atoms with van der Waals surface area (Å²) in [5, 5.41) is 5.32. The Morgan fingerprint density at radius 1 is 1.65 bits per heavy atom. The van der Waals surface area contributed by atoms with Gasteiger partial charge in [0, 0.05) is 30.9 Å². The zero-order valence-electron chi connectivity index (χ0n) is 9.51. The maximum Gasteiger partial charge on any atom is 0.271 e. The van der Waals surface area contributed by atoms with Crippen molar-refractivity contribution in [3.63, 3.8) is 0 Å². The van der Waals surface area contributed by atoms with Crippen LogP contribution in [-0.4, -0.2) is 15.5 Å². The lowest BCUT2D eigenvalue weighted by atomic mass is 10.4. The van der Waals surface area contributed by atoms with Crippen LogP contribution in [-0.2, 0) is 20.1 Å². The first-order valence-corrected chi connectivity index (χ1v) is 6.11. The number of carbonyl (C=O) groups excluding carboxylic acids is 1. The molecule has 0 fully saturated rings. The third-order valence-electron chi connectivity index (χ3n) is 2.44. The Balaban J connectivity index is 1.95. The van der Waals surface area contributed by atoms with E-state index in [0.717, 1.165) is 10.7 Å². The largest absolute Gasteiger partial charge is 0.353 e. The number of rotatable bonds is 4. The third kappa shape index (κ3) is 2.72. The van der Waals surface area contributed by atoms with Gasteiger partial charge >= 0.3 is 0 Å². The Hall–Kier alpha value is -1.66. The van der Waals surface area contributed by atoms with Gasteiger partial charge in [0.2, 0.25) is 0 Å². The van der Waals surface area contributed by atoms with Crippen LogP contribution in [0.4, 0.5) is 0 Å². The zero-order valence-corrected chi connectivity index (χ0v) is 10.3. The fourth-order valence-corrected chi connectivity index (χ4v) is 2.11. The molecule has 0 radical (unpaired) electrons. The fraction of sp³-hybridized carbons (Fsp3) is 0.273. The van der Waals surface area contributed by atoms with E-state index in [4.69, 9.17) is 5.73 Å².